The highest BCUT2D eigenvalue weighted by Gasteiger charge is 2.49. The zero-order valence-electron chi connectivity index (χ0n) is 10.3. The number of benzene rings is 1. The number of nitrogens with two attached hydrogens (primary N) is 1. The topological polar surface area (TPSA) is 69.6 Å². The number of nitrogen functional groups attached to an aromatic ring is 1. The summed E-state index contributed by atoms with van der Waals surface area (Å²) in [7, 11) is 0. The van der Waals surface area contributed by atoms with Gasteiger partial charge in [0.05, 0.1) is 11.6 Å². The molecule has 0 spiro atoms. The molecule has 1 fully saturated rings. The van der Waals surface area contributed by atoms with Gasteiger partial charge in [0.25, 0.3) is 0 Å². The summed E-state index contributed by atoms with van der Waals surface area (Å²) in [6.45, 7) is 4.28. The Morgan fingerprint density at radius 1 is 1.44 bits per heavy atom. The summed E-state index contributed by atoms with van der Waals surface area (Å²) in [4.78, 5) is 0. The Kier molecular flexibility index (Phi) is 2.17. The van der Waals surface area contributed by atoms with E-state index in [9.17, 15) is 4.39 Å². The summed E-state index contributed by atoms with van der Waals surface area (Å²) in [6.07, 6.45) is 0.995. The number of hydrogen-bond donors (Lipinski definition) is 1. The van der Waals surface area contributed by atoms with E-state index < -0.39 is 0 Å². The van der Waals surface area contributed by atoms with Gasteiger partial charge in [-0.3, -0.25) is 0 Å². The minimum absolute atomic E-state index is 0.168. The third-order valence-corrected chi connectivity index (χ3v) is 3.48. The maximum Gasteiger partial charge on any atom is 0.185 e. The van der Waals surface area contributed by atoms with Crippen LogP contribution >= 0.6 is 0 Å². The van der Waals surface area contributed by atoms with E-state index in [4.69, 9.17) is 5.73 Å². The fourth-order valence-electron chi connectivity index (χ4n) is 2.15. The van der Waals surface area contributed by atoms with Crippen LogP contribution in [0.2, 0.25) is 0 Å². The Morgan fingerprint density at radius 3 is 2.83 bits per heavy atom. The van der Waals surface area contributed by atoms with E-state index in [0.29, 0.717) is 17.1 Å². The van der Waals surface area contributed by atoms with Gasteiger partial charge in [-0.2, -0.15) is 0 Å². The molecule has 1 aliphatic rings. The van der Waals surface area contributed by atoms with Crippen molar-refractivity contribution >= 4 is 5.69 Å². The minimum atomic E-state index is -0.362. The Labute approximate surface area is 104 Å². The molecule has 0 saturated heterocycles. The van der Waals surface area contributed by atoms with Crippen LogP contribution in [0.25, 0.3) is 11.4 Å². The lowest BCUT2D eigenvalue weighted by Crippen LogP contribution is -2.05. The number of rotatable bonds is 2. The van der Waals surface area contributed by atoms with E-state index in [1.807, 2.05) is 0 Å². The van der Waals surface area contributed by atoms with E-state index in [1.165, 1.54) is 12.1 Å². The lowest BCUT2D eigenvalue weighted by atomic mass is 10.1. The lowest BCUT2D eigenvalue weighted by molar-refractivity contribution is 0.496. The first-order valence-electron chi connectivity index (χ1n) is 5.82. The summed E-state index contributed by atoms with van der Waals surface area (Å²) >= 11 is 0. The normalized spacial score (nSPS) is 20.9. The van der Waals surface area contributed by atoms with Crippen molar-refractivity contribution in [2.24, 2.45) is 5.41 Å². The predicted octanol–water partition coefficient (Wildman–Crippen LogP) is 2.03. The third kappa shape index (κ3) is 1.64. The van der Waals surface area contributed by atoms with Crippen molar-refractivity contribution in [3.05, 3.63) is 24.0 Å². The molecular formula is C12H14FN5. The van der Waals surface area contributed by atoms with Crippen LogP contribution in [0.3, 0.4) is 0 Å². The molecule has 1 atom stereocenters. The molecule has 0 bridgehead atoms. The van der Waals surface area contributed by atoms with Gasteiger partial charge >= 0.3 is 0 Å². The van der Waals surface area contributed by atoms with Crippen LogP contribution in [0.4, 0.5) is 10.1 Å². The fourth-order valence-corrected chi connectivity index (χ4v) is 2.15. The van der Waals surface area contributed by atoms with Crippen molar-refractivity contribution in [2.45, 2.75) is 26.3 Å². The Bertz CT molecular complexity index is 604. The monoisotopic (exact) mass is 247 g/mol. The van der Waals surface area contributed by atoms with Gasteiger partial charge in [-0.15, -0.1) is 5.10 Å². The van der Waals surface area contributed by atoms with Crippen LogP contribution in [0.1, 0.15) is 26.3 Å². The number of tetrazole rings is 1. The van der Waals surface area contributed by atoms with Gasteiger partial charge in [0, 0.05) is 5.69 Å². The molecule has 0 amide bonds. The van der Waals surface area contributed by atoms with Crippen LogP contribution in [0.5, 0.6) is 0 Å². The van der Waals surface area contributed by atoms with Gasteiger partial charge in [0.1, 0.15) is 5.82 Å². The Morgan fingerprint density at radius 2 is 2.17 bits per heavy atom. The summed E-state index contributed by atoms with van der Waals surface area (Å²) in [5, 5.41) is 11.5. The van der Waals surface area contributed by atoms with E-state index in [0.717, 1.165) is 6.42 Å². The summed E-state index contributed by atoms with van der Waals surface area (Å²) in [5.41, 5.74) is 6.70. The number of anilines is 1. The molecule has 0 radical (unpaired) electrons. The van der Waals surface area contributed by atoms with Crippen LogP contribution in [-0.2, 0) is 0 Å². The second-order valence-electron chi connectivity index (χ2n) is 5.39. The lowest BCUT2D eigenvalue weighted by Gasteiger charge is -2.07. The molecule has 3 rings (SSSR count). The molecule has 18 heavy (non-hydrogen) atoms. The average molecular weight is 247 g/mol. The SMILES string of the molecule is CC1(C)CC1n1nnnc1-c1cc(N)ccc1F. The van der Waals surface area contributed by atoms with Gasteiger partial charge in [0.2, 0.25) is 0 Å². The molecule has 6 heteroatoms. The molecule has 1 aliphatic carbocycles. The highest BCUT2D eigenvalue weighted by Crippen LogP contribution is 2.55. The smallest absolute Gasteiger partial charge is 0.185 e. The van der Waals surface area contributed by atoms with Gasteiger partial charge < -0.3 is 5.73 Å². The molecule has 1 heterocycles. The van der Waals surface area contributed by atoms with Crippen LogP contribution in [0, 0.1) is 11.2 Å². The zero-order chi connectivity index (χ0) is 12.9. The molecule has 1 aromatic carbocycles. The van der Waals surface area contributed by atoms with Gasteiger partial charge in [-0.25, -0.2) is 9.07 Å². The van der Waals surface area contributed by atoms with E-state index in [1.54, 1.807) is 10.7 Å². The third-order valence-electron chi connectivity index (χ3n) is 3.48. The number of aromatic nitrogens is 4. The highest BCUT2D eigenvalue weighted by atomic mass is 19.1. The van der Waals surface area contributed by atoms with Crippen LogP contribution < -0.4 is 5.73 Å². The summed E-state index contributed by atoms with van der Waals surface area (Å²) < 4.78 is 15.5. The maximum absolute atomic E-state index is 13.8. The largest absolute Gasteiger partial charge is 0.399 e. The molecule has 5 nitrogen and oxygen atoms in total. The molecule has 1 aromatic heterocycles. The van der Waals surface area contributed by atoms with Crippen LogP contribution in [0.15, 0.2) is 18.2 Å². The van der Waals surface area contributed by atoms with Gasteiger partial charge in [-0.05, 0) is 40.5 Å². The average Bonchev–Trinajstić information content (AvgIpc) is 2.77. The molecule has 1 unspecified atom stereocenters. The predicted molar refractivity (Wildman–Crippen MR) is 65.1 cm³/mol. The second-order valence-corrected chi connectivity index (χ2v) is 5.39. The highest BCUT2D eigenvalue weighted by molar-refractivity contribution is 5.61. The summed E-state index contributed by atoms with van der Waals surface area (Å²) in [6, 6.07) is 4.64. The molecule has 0 aliphatic heterocycles. The Hall–Kier alpha value is -1.98. The standard InChI is InChI=1S/C12H14FN5/c1-12(2)6-10(12)18-11(15-16-17-18)8-5-7(14)3-4-9(8)13/h3-5,10H,6,14H2,1-2H3. The van der Waals surface area contributed by atoms with Gasteiger partial charge in [-0.1, -0.05) is 13.8 Å². The minimum Gasteiger partial charge on any atom is -0.399 e. The number of hydrogen-bond acceptors (Lipinski definition) is 4. The zero-order valence-corrected chi connectivity index (χ0v) is 10.3. The van der Waals surface area contributed by atoms with Crippen molar-refractivity contribution < 1.29 is 4.39 Å². The fraction of sp³-hybridized carbons (Fsp3) is 0.417. The molecule has 2 N–H and O–H groups in total. The van der Waals surface area contributed by atoms with E-state index in [2.05, 4.69) is 29.4 Å². The second kappa shape index (κ2) is 3.51. The van der Waals surface area contributed by atoms with Crippen molar-refractivity contribution in [1.29, 1.82) is 0 Å². The molecule has 1 saturated carbocycles. The summed E-state index contributed by atoms with van der Waals surface area (Å²) in [5.74, 6) is 0.0779. The van der Waals surface area contributed by atoms with Crippen molar-refractivity contribution in [2.75, 3.05) is 5.73 Å². The first-order chi connectivity index (χ1) is 8.49. The maximum atomic E-state index is 13.8. The van der Waals surface area contributed by atoms with Gasteiger partial charge in [0.15, 0.2) is 5.82 Å². The number of halogens is 1. The molecule has 94 valence electrons. The first-order valence-corrected chi connectivity index (χ1v) is 5.82. The first kappa shape index (κ1) is 11.1. The van der Waals surface area contributed by atoms with E-state index in [-0.39, 0.29) is 17.3 Å². The Balaban J connectivity index is 2.08. The van der Waals surface area contributed by atoms with Crippen LogP contribution in [-0.4, -0.2) is 20.2 Å². The molecular weight excluding hydrogens is 233 g/mol. The van der Waals surface area contributed by atoms with Crippen molar-refractivity contribution in [3.63, 3.8) is 0 Å². The van der Waals surface area contributed by atoms with Crippen molar-refractivity contribution in [3.8, 4) is 11.4 Å². The number of nitrogens with zero attached hydrogens (tertiary/aromatic N) is 4. The van der Waals surface area contributed by atoms with Crippen molar-refractivity contribution in [1.82, 2.24) is 20.2 Å². The van der Waals surface area contributed by atoms with E-state index >= 15 is 0 Å². The quantitative estimate of drug-likeness (QED) is 0.824. The molecule has 2 aromatic rings.